The van der Waals surface area contributed by atoms with Crippen molar-refractivity contribution in [1.29, 1.82) is 0 Å². The van der Waals surface area contributed by atoms with Crippen LogP contribution < -0.4 is 0 Å². The van der Waals surface area contributed by atoms with Gasteiger partial charge in [0.2, 0.25) is 0 Å². The summed E-state index contributed by atoms with van der Waals surface area (Å²) in [5.74, 6) is 0.797. The molecular weight excluding hydrogens is 474 g/mol. The van der Waals surface area contributed by atoms with Gasteiger partial charge in [0.1, 0.15) is 5.82 Å². The number of imidazole rings is 1. The Kier molecular flexibility index (Phi) is 6.40. The van der Waals surface area contributed by atoms with E-state index in [4.69, 9.17) is 23.2 Å². The van der Waals surface area contributed by atoms with Crippen molar-refractivity contribution in [2.45, 2.75) is 39.3 Å². The highest BCUT2D eigenvalue weighted by atomic mass is 35.5. The van der Waals surface area contributed by atoms with Gasteiger partial charge in [0.05, 0.1) is 27.2 Å². The van der Waals surface area contributed by atoms with Crippen molar-refractivity contribution >= 4 is 40.1 Å². The lowest BCUT2D eigenvalue weighted by Gasteiger charge is -2.31. The molecule has 4 nitrogen and oxygen atoms in total. The minimum atomic E-state index is -4.45. The predicted octanol–water partition coefficient (Wildman–Crippen LogP) is 6.67. The molecule has 4 rings (SSSR count). The lowest BCUT2D eigenvalue weighted by Crippen LogP contribution is -2.39. The van der Waals surface area contributed by atoms with E-state index >= 15 is 0 Å². The Labute approximate surface area is 200 Å². The van der Waals surface area contributed by atoms with Crippen LogP contribution in [0.2, 0.25) is 10.0 Å². The van der Waals surface area contributed by atoms with Crippen molar-refractivity contribution < 1.29 is 18.0 Å². The number of carbonyl (C=O) groups excluding carboxylic acids is 1. The van der Waals surface area contributed by atoms with Gasteiger partial charge in [-0.1, -0.05) is 30.1 Å². The van der Waals surface area contributed by atoms with Crippen LogP contribution in [-0.2, 0) is 19.6 Å². The van der Waals surface area contributed by atoms with Gasteiger partial charge in [-0.15, -0.1) is 0 Å². The van der Waals surface area contributed by atoms with Crippen LogP contribution in [0.15, 0.2) is 24.3 Å². The molecular formula is C24H24Cl2F3N3O. The van der Waals surface area contributed by atoms with Gasteiger partial charge in [0.25, 0.3) is 5.91 Å². The average molecular weight is 498 g/mol. The Morgan fingerprint density at radius 1 is 1.24 bits per heavy atom. The molecule has 0 spiro atoms. The van der Waals surface area contributed by atoms with Crippen molar-refractivity contribution in [3.8, 4) is 0 Å². The highest BCUT2D eigenvalue weighted by Gasteiger charge is 2.32. The molecule has 2 heterocycles. The average Bonchev–Trinajstić information content (AvgIpc) is 3.06. The molecule has 1 aliphatic rings. The quantitative estimate of drug-likeness (QED) is 0.405. The summed E-state index contributed by atoms with van der Waals surface area (Å²) in [4.78, 5) is 19.5. The number of aryl methyl sites for hydroxylation is 2. The van der Waals surface area contributed by atoms with Crippen LogP contribution in [0.5, 0.6) is 0 Å². The van der Waals surface area contributed by atoms with Crippen LogP contribution in [0.1, 0.15) is 52.6 Å². The molecule has 1 unspecified atom stereocenters. The summed E-state index contributed by atoms with van der Waals surface area (Å²) in [6, 6.07) is 5.46. The molecule has 176 valence electrons. The molecule has 1 aliphatic heterocycles. The first-order chi connectivity index (χ1) is 15.5. The lowest BCUT2D eigenvalue weighted by molar-refractivity contribution is -0.137. The number of carbonyl (C=O) groups is 1. The zero-order valence-electron chi connectivity index (χ0n) is 18.6. The van der Waals surface area contributed by atoms with E-state index in [0.717, 1.165) is 25.0 Å². The van der Waals surface area contributed by atoms with Crippen molar-refractivity contribution in [2.75, 3.05) is 13.1 Å². The number of benzene rings is 2. The van der Waals surface area contributed by atoms with Crippen LogP contribution in [0.25, 0.3) is 11.0 Å². The van der Waals surface area contributed by atoms with Gasteiger partial charge < -0.3 is 9.47 Å². The van der Waals surface area contributed by atoms with Crippen molar-refractivity contribution in [3.63, 3.8) is 0 Å². The summed E-state index contributed by atoms with van der Waals surface area (Å²) in [6.45, 7) is 5.08. The van der Waals surface area contributed by atoms with Crippen LogP contribution in [0.4, 0.5) is 13.2 Å². The second-order valence-corrected chi connectivity index (χ2v) is 9.59. The van der Waals surface area contributed by atoms with E-state index in [0.29, 0.717) is 57.6 Å². The Bertz CT molecular complexity index is 1240. The lowest BCUT2D eigenvalue weighted by atomic mass is 9.99. The van der Waals surface area contributed by atoms with Crippen LogP contribution in [0, 0.1) is 12.8 Å². The number of hydrogen-bond acceptors (Lipinski definition) is 2. The van der Waals surface area contributed by atoms with Crippen molar-refractivity contribution in [1.82, 2.24) is 14.5 Å². The van der Waals surface area contributed by atoms with Gasteiger partial charge >= 0.3 is 6.18 Å². The first-order valence-electron chi connectivity index (χ1n) is 10.8. The normalized spacial score (nSPS) is 17.1. The number of likely N-dealkylation sites (tertiary alicyclic amines) is 1. The predicted molar refractivity (Wildman–Crippen MR) is 124 cm³/mol. The van der Waals surface area contributed by atoms with E-state index in [1.807, 2.05) is 4.90 Å². The van der Waals surface area contributed by atoms with Crippen LogP contribution in [0.3, 0.4) is 0 Å². The topological polar surface area (TPSA) is 38.1 Å². The number of piperidine rings is 1. The number of amides is 1. The van der Waals surface area contributed by atoms with E-state index in [1.54, 1.807) is 30.7 Å². The number of halogens is 5. The molecule has 3 aromatic rings. The summed E-state index contributed by atoms with van der Waals surface area (Å²) >= 11 is 13.1. The van der Waals surface area contributed by atoms with E-state index in [2.05, 4.69) is 11.9 Å². The van der Waals surface area contributed by atoms with E-state index in [1.165, 1.54) is 0 Å². The molecule has 1 atom stereocenters. The zero-order chi connectivity index (χ0) is 24.1. The Morgan fingerprint density at radius 2 is 1.97 bits per heavy atom. The summed E-state index contributed by atoms with van der Waals surface area (Å²) in [6.07, 6.45) is -2.23. The van der Waals surface area contributed by atoms with Gasteiger partial charge in [-0.05, 0) is 61.1 Å². The molecule has 0 N–H and O–H groups in total. The first kappa shape index (κ1) is 23.9. The number of fused-ring (bicyclic) bond motifs is 1. The second kappa shape index (κ2) is 8.84. The summed E-state index contributed by atoms with van der Waals surface area (Å²) in [5.41, 5.74) is 1.48. The molecule has 1 amide bonds. The fraction of sp³-hybridized carbons (Fsp3) is 0.417. The van der Waals surface area contributed by atoms with Gasteiger partial charge in [0, 0.05) is 31.6 Å². The van der Waals surface area contributed by atoms with Gasteiger partial charge in [0.15, 0.2) is 0 Å². The smallest absolute Gasteiger partial charge is 0.338 e. The second-order valence-electron chi connectivity index (χ2n) is 8.81. The number of rotatable bonds is 3. The highest BCUT2D eigenvalue weighted by Crippen LogP contribution is 2.35. The maximum absolute atomic E-state index is 13.3. The molecule has 9 heteroatoms. The Balaban J connectivity index is 1.72. The third kappa shape index (κ3) is 4.58. The SMILES string of the molecule is Cc1cc(C(F)(F)F)cc2c1nc(Cc1c(Cl)ccc(C(=O)N3CCCC(C)C3)c1Cl)n2C. The molecule has 0 radical (unpaired) electrons. The van der Waals surface area contributed by atoms with Gasteiger partial charge in [-0.3, -0.25) is 4.79 Å². The molecule has 1 saturated heterocycles. The molecule has 0 bridgehead atoms. The molecule has 2 aromatic carbocycles. The Hall–Kier alpha value is -2.25. The maximum Gasteiger partial charge on any atom is 0.416 e. The largest absolute Gasteiger partial charge is 0.416 e. The van der Waals surface area contributed by atoms with Crippen LogP contribution >= 0.6 is 23.2 Å². The van der Waals surface area contributed by atoms with E-state index in [9.17, 15) is 18.0 Å². The molecule has 1 aromatic heterocycles. The standard InChI is InChI=1S/C24H24Cl2F3N3O/c1-13-5-4-8-32(12-13)23(33)16-6-7-18(25)17(21(16)26)11-20-30-22-14(2)9-15(24(27,28)29)10-19(22)31(20)3/h6-7,9-10,13H,4-5,8,11-12H2,1-3H3. The summed E-state index contributed by atoms with van der Waals surface area (Å²) < 4.78 is 41.5. The first-order valence-corrected chi connectivity index (χ1v) is 11.5. The third-order valence-corrected chi connectivity index (χ3v) is 7.08. The number of hydrogen-bond donors (Lipinski definition) is 0. The number of aromatic nitrogens is 2. The number of nitrogens with zero attached hydrogens (tertiary/aromatic N) is 3. The summed E-state index contributed by atoms with van der Waals surface area (Å²) in [7, 11) is 1.66. The van der Waals surface area contributed by atoms with E-state index in [-0.39, 0.29) is 17.4 Å². The minimum absolute atomic E-state index is 0.139. The minimum Gasteiger partial charge on any atom is -0.338 e. The van der Waals surface area contributed by atoms with E-state index < -0.39 is 11.7 Å². The maximum atomic E-state index is 13.3. The fourth-order valence-electron chi connectivity index (χ4n) is 4.45. The summed E-state index contributed by atoms with van der Waals surface area (Å²) in [5, 5.41) is 0.633. The van der Waals surface area contributed by atoms with Crippen molar-refractivity contribution in [3.05, 3.63) is 62.4 Å². The number of alkyl halides is 3. The van der Waals surface area contributed by atoms with Crippen LogP contribution in [-0.4, -0.2) is 33.4 Å². The molecule has 0 saturated carbocycles. The molecule has 1 fully saturated rings. The van der Waals surface area contributed by atoms with Gasteiger partial charge in [-0.25, -0.2) is 4.98 Å². The third-order valence-electron chi connectivity index (χ3n) is 6.29. The van der Waals surface area contributed by atoms with Crippen molar-refractivity contribution in [2.24, 2.45) is 13.0 Å². The monoisotopic (exact) mass is 497 g/mol. The fourth-order valence-corrected chi connectivity index (χ4v) is 5.04. The zero-order valence-corrected chi connectivity index (χ0v) is 20.1. The Morgan fingerprint density at radius 3 is 2.64 bits per heavy atom. The highest BCUT2D eigenvalue weighted by molar-refractivity contribution is 6.38. The molecule has 0 aliphatic carbocycles. The van der Waals surface area contributed by atoms with Gasteiger partial charge in [-0.2, -0.15) is 13.2 Å². The molecule has 33 heavy (non-hydrogen) atoms.